The number of hydrogen-bond acceptors (Lipinski definition) is 2. The normalized spacial score (nSPS) is 13.4. The number of rotatable bonds is 5. The van der Waals surface area contributed by atoms with Gasteiger partial charge in [0.05, 0.1) is 17.8 Å². The topological polar surface area (TPSA) is 49.4 Å². The highest BCUT2D eigenvalue weighted by molar-refractivity contribution is 6.10. The van der Waals surface area contributed by atoms with Gasteiger partial charge in [0.15, 0.2) is 0 Å². The second-order valence-corrected chi connectivity index (χ2v) is 6.14. The van der Waals surface area contributed by atoms with Crippen LogP contribution < -0.4 is 10.2 Å². The fraction of sp³-hybridized carbons (Fsp3) is 0.300. The molecule has 2 aromatic rings. The van der Waals surface area contributed by atoms with Crippen LogP contribution in [0.15, 0.2) is 48.5 Å². The van der Waals surface area contributed by atoms with Gasteiger partial charge >= 0.3 is 0 Å². The maximum Gasteiger partial charge on any atom is 0.244 e. The Bertz CT molecular complexity index is 738. The minimum Gasteiger partial charge on any atom is -0.323 e. The summed E-state index contributed by atoms with van der Waals surface area (Å²) >= 11 is 0. The molecule has 1 aliphatic rings. The smallest absolute Gasteiger partial charge is 0.244 e. The number of unbranched alkanes of at least 4 members (excludes halogenated alkanes) is 1. The van der Waals surface area contributed by atoms with Crippen molar-refractivity contribution in [2.24, 2.45) is 0 Å². The van der Waals surface area contributed by atoms with E-state index in [1.165, 1.54) is 18.4 Å². The first-order valence-corrected chi connectivity index (χ1v) is 8.44. The Hall–Kier alpha value is -2.62. The van der Waals surface area contributed by atoms with Gasteiger partial charge in [0.25, 0.3) is 0 Å². The summed E-state index contributed by atoms with van der Waals surface area (Å²) in [6, 6.07) is 15.6. The van der Waals surface area contributed by atoms with Crippen LogP contribution in [0.2, 0.25) is 0 Å². The molecule has 24 heavy (non-hydrogen) atoms. The standard InChI is InChI=1S/C20H22N2O2/c1-2-3-6-15-9-11-16(12-10-15)13-20(24)22-14-19(23)21-17-7-4-5-8-18(17)22/h4-5,7-12H,2-3,6,13-14H2,1H3,(H,21,23). The molecule has 3 rings (SSSR count). The summed E-state index contributed by atoms with van der Waals surface area (Å²) in [6.45, 7) is 2.25. The zero-order valence-corrected chi connectivity index (χ0v) is 13.9. The molecular formula is C20H22N2O2. The van der Waals surface area contributed by atoms with Crippen LogP contribution in [0.25, 0.3) is 0 Å². The van der Waals surface area contributed by atoms with E-state index in [4.69, 9.17) is 0 Å². The predicted octanol–water partition coefficient (Wildman–Crippen LogP) is 3.56. The van der Waals surface area contributed by atoms with Crippen LogP contribution in [-0.2, 0) is 22.4 Å². The number of nitrogens with zero attached hydrogens (tertiary/aromatic N) is 1. The van der Waals surface area contributed by atoms with Gasteiger partial charge in [-0.3, -0.25) is 9.59 Å². The molecule has 4 nitrogen and oxygen atoms in total. The van der Waals surface area contributed by atoms with Crippen molar-refractivity contribution in [2.75, 3.05) is 16.8 Å². The van der Waals surface area contributed by atoms with E-state index >= 15 is 0 Å². The predicted molar refractivity (Wildman–Crippen MR) is 96.2 cm³/mol. The molecule has 0 atom stereocenters. The van der Waals surface area contributed by atoms with Crippen LogP contribution in [0, 0.1) is 0 Å². The van der Waals surface area contributed by atoms with E-state index in [1.807, 2.05) is 36.4 Å². The number of amides is 2. The van der Waals surface area contributed by atoms with Crippen molar-refractivity contribution in [3.8, 4) is 0 Å². The lowest BCUT2D eigenvalue weighted by Gasteiger charge is -2.29. The number of fused-ring (bicyclic) bond motifs is 1. The average Bonchev–Trinajstić information content (AvgIpc) is 2.60. The summed E-state index contributed by atoms with van der Waals surface area (Å²) in [7, 11) is 0. The third kappa shape index (κ3) is 3.65. The summed E-state index contributed by atoms with van der Waals surface area (Å²) in [5, 5.41) is 2.80. The molecule has 1 heterocycles. The first-order valence-electron chi connectivity index (χ1n) is 8.44. The summed E-state index contributed by atoms with van der Waals surface area (Å²) < 4.78 is 0. The Balaban J connectivity index is 1.72. The molecule has 0 aliphatic carbocycles. The minimum absolute atomic E-state index is 0.0568. The number of anilines is 2. The zero-order valence-electron chi connectivity index (χ0n) is 13.9. The average molecular weight is 322 g/mol. The van der Waals surface area contributed by atoms with Crippen LogP contribution in [0.1, 0.15) is 30.9 Å². The van der Waals surface area contributed by atoms with Crippen molar-refractivity contribution < 1.29 is 9.59 Å². The molecule has 0 bridgehead atoms. The van der Waals surface area contributed by atoms with Gasteiger partial charge < -0.3 is 10.2 Å². The SMILES string of the molecule is CCCCc1ccc(CC(=O)N2CC(=O)Nc3ccccc32)cc1. The van der Waals surface area contributed by atoms with Gasteiger partial charge in [0.1, 0.15) is 6.54 Å². The van der Waals surface area contributed by atoms with Gasteiger partial charge in [-0.15, -0.1) is 0 Å². The summed E-state index contributed by atoms with van der Waals surface area (Å²) in [5.41, 5.74) is 3.73. The minimum atomic E-state index is -0.156. The van der Waals surface area contributed by atoms with E-state index in [0.29, 0.717) is 12.1 Å². The molecule has 124 valence electrons. The van der Waals surface area contributed by atoms with Crippen LogP contribution in [-0.4, -0.2) is 18.4 Å². The molecular weight excluding hydrogens is 300 g/mol. The maximum atomic E-state index is 12.7. The number of para-hydroxylation sites is 2. The van der Waals surface area contributed by atoms with Crippen molar-refractivity contribution in [2.45, 2.75) is 32.6 Å². The van der Waals surface area contributed by atoms with E-state index in [0.717, 1.165) is 17.7 Å². The quantitative estimate of drug-likeness (QED) is 0.915. The zero-order chi connectivity index (χ0) is 16.9. The summed E-state index contributed by atoms with van der Waals surface area (Å²) in [4.78, 5) is 26.1. The largest absolute Gasteiger partial charge is 0.323 e. The van der Waals surface area contributed by atoms with Gasteiger partial charge in [-0.25, -0.2) is 0 Å². The Morgan fingerprint density at radius 2 is 1.79 bits per heavy atom. The fourth-order valence-electron chi connectivity index (χ4n) is 2.93. The van der Waals surface area contributed by atoms with Crippen molar-refractivity contribution in [1.82, 2.24) is 0 Å². The second kappa shape index (κ2) is 7.30. The molecule has 0 saturated heterocycles. The maximum absolute atomic E-state index is 12.7. The van der Waals surface area contributed by atoms with Crippen LogP contribution in [0.3, 0.4) is 0 Å². The number of benzene rings is 2. The van der Waals surface area contributed by atoms with Crippen molar-refractivity contribution in [3.05, 3.63) is 59.7 Å². The first kappa shape index (κ1) is 16.2. The number of aryl methyl sites for hydroxylation is 1. The summed E-state index contributed by atoms with van der Waals surface area (Å²) in [5.74, 6) is -0.212. The fourth-order valence-corrected chi connectivity index (χ4v) is 2.93. The Morgan fingerprint density at radius 1 is 1.08 bits per heavy atom. The Kier molecular flexibility index (Phi) is 4.94. The molecule has 0 unspecified atom stereocenters. The van der Waals surface area contributed by atoms with E-state index in [9.17, 15) is 9.59 Å². The van der Waals surface area contributed by atoms with Crippen molar-refractivity contribution >= 4 is 23.2 Å². The van der Waals surface area contributed by atoms with E-state index in [-0.39, 0.29) is 18.4 Å². The third-order valence-corrected chi connectivity index (χ3v) is 4.27. The molecule has 0 aromatic heterocycles. The lowest BCUT2D eigenvalue weighted by Crippen LogP contribution is -2.42. The number of carbonyl (C=O) groups is 2. The van der Waals surface area contributed by atoms with Gasteiger partial charge in [-0.2, -0.15) is 0 Å². The highest BCUT2D eigenvalue weighted by Gasteiger charge is 2.26. The van der Waals surface area contributed by atoms with E-state index in [2.05, 4.69) is 24.4 Å². The Morgan fingerprint density at radius 3 is 2.54 bits per heavy atom. The number of carbonyl (C=O) groups excluding carboxylic acids is 2. The molecule has 1 N–H and O–H groups in total. The van der Waals surface area contributed by atoms with Crippen molar-refractivity contribution in [1.29, 1.82) is 0 Å². The van der Waals surface area contributed by atoms with Gasteiger partial charge in [-0.1, -0.05) is 49.7 Å². The molecule has 2 aromatic carbocycles. The second-order valence-electron chi connectivity index (χ2n) is 6.14. The molecule has 0 saturated carbocycles. The first-order chi connectivity index (χ1) is 11.7. The van der Waals surface area contributed by atoms with Gasteiger partial charge in [-0.05, 0) is 36.1 Å². The highest BCUT2D eigenvalue weighted by atomic mass is 16.2. The summed E-state index contributed by atoms with van der Waals surface area (Å²) in [6.07, 6.45) is 3.73. The van der Waals surface area contributed by atoms with Gasteiger partial charge in [0, 0.05) is 0 Å². The van der Waals surface area contributed by atoms with Crippen molar-refractivity contribution in [3.63, 3.8) is 0 Å². The van der Waals surface area contributed by atoms with Gasteiger partial charge in [0.2, 0.25) is 11.8 Å². The van der Waals surface area contributed by atoms with Crippen LogP contribution >= 0.6 is 0 Å². The Labute approximate surface area is 142 Å². The highest BCUT2D eigenvalue weighted by Crippen LogP contribution is 2.29. The van der Waals surface area contributed by atoms with Crippen LogP contribution in [0.5, 0.6) is 0 Å². The van der Waals surface area contributed by atoms with Crippen LogP contribution in [0.4, 0.5) is 11.4 Å². The molecule has 0 spiro atoms. The third-order valence-electron chi connectivity index (χ3n) is 4.27. The lowest BCUT2D eigenvalue weighted by molar-refractivity contribution is -0.121. The lowest BCUT2D eigenvalue weighted by atomic mass is 10.0. The monoisotopic (exact) mass is 322 g/mol. The van der Waals surface area contributed by atoms with E-state index < -0.39 is 0 Å². The number of nitrogens with one attached hydrogen (secondary N) is 1. The molecule has 0 fully saturated rings. The molecule has 1 aliphatic heterocycles. The number of hydrogen-bond donors (Lipinski definition) is 1. The molecule has 2 amide bonds. The molecule has 0 radical (unpaired) electrons. The van der Waals surface area contributed by atoms with E-state index in [1.54, 1.807) is 4.90 Å². The molecule has 4 heteroatoms.